The summed E-state index contributed by atoms with van der Waals surface area (Å²) in [5.41, 5.74) is 10.1. The average Bonchev–Trinajstić information content (AvgIpc) is 3.55. The van der Waals surface area contributed by atoms with Gasteiger partial charge in [-0.1, -0.05) is 45.9 Å². The van der Waals surface area contributed by atoms with Crippen LogP contribution in [0.3, 0.4) is 0 Å². The van der Waals surface area contributed by atoms with E-state index in [-0.39, 0.29) is 23.7 Å². The number of nitrogens with two attached hydrogens (primary N) is 1. The van der Waals surface area contributed by atoms with Crippen molar-refractivity contribution >= 4 is 11.6 Å². The standard InChI is InChI=1S/C36H57N3O5/c1-25(2)29(20-28-12-15-34(43-6)35(21-28)44-19-9-18-42-5)22-32(37)33(40)23-31(26(3)4)36(41)38-24-27-10-13-30(14-11-27)39-16-7-8-17-39/h10-15,21,25-26,29,31-33,40H,7-9,16-20,22-24,37H2,1-6H3,(H,38,41)/t29-,31-,32-,33?/m0/s1. The lowest BCUT2D eigenvalue weighted by Crippen LogP contribution is -2.42. The maximum atomic E-state index is 13.3. The summed E-state index contributed by atoms with van der Waals surface area (Å²) >= 11 is 0. The zero-order chi connectivity index (χ0) is 32.1. The smallest absolute Gasteiger partial charge is 0.223 e. The second-order valence-corrected chi connectivity index (χ2v) is 13.0. The van der Waals surface area contributed by atoms with Gasteiger partial charge in [0.15, 0.2) is 11.5 Å². The van der Waals surface area contributed by atoms with E-state index in [1.54, 1.807) is 14.2 Å². The van der Waals surface area contributed by atoms with Crippen LogP contribution in [0.4, 0.5) is 5.69 Å². The number of carbonyl (C=O) groups excluding carboxylic acids is 1. The van der Waals surface area contributed by atoms with Crippen molar-refractivity contribution in [3.8, 4) is 11.5 Å². The molecule has 1 amide bonds. The van der Waals surface area contributed by atoms with Gasteiger partial charge in [-0.15, -0.1) is 0 Å². The van der Waals surface area contributed by atoms with Gasteiger partial charge in [0.1, 0.15) is 0 Å². The minimum absolute atomic E-state index is 0.0356. The van der Waals surface area contributed by atoms with E-state index in [1.807, 2.05) is 26.0 Å². The number of hydrogen-bond acceptors (Lipinski definition) is 7. The number of methoxy groups -OCH3 is 2. The maximum absolute atomic E-state index is 13.3. The second-order valence-electron chi connectivity index (χ2n) is 13.0. The van der Waals surface area contributed by atoms with E-state index in [0.717, 1.165) is 42.8 Å². The Morgan fingerprint density at radius 1 is 0.932 bits per heavy atom. The Balaban J connectivity index is 1.55. The van der Waals surface area contributed by atoms with Crippen LogP contribution in [0, 0.1) is 23.7 Å². The number of anilines is 1. The van der Waals surface area contributed by atoms with Crippen LogP contribution in [0.15, 0.2) is 42.5 Å². The fraction of sp³-hybridized carbons (Fsp3) is 0.639. The number of benzene rings is 2. The van der Waals surface area contributed by atoms with Crippen molar-refractivity contribution in [3.05, 3.63) is 53.6 Å². The average molecular weight is 612 g/mol. The molecule has 8 nitrogen and oxygen atoms in total. The molecule has 4 atom stereocenters. The molecule has 0 saturated carbocycles. The molecule has 1 heterocycles. The Hall–Kier alpha value is -2.81. The van der Waals surface area contributed by atoms with Gasteiger partial charge in [-0.2, -0.15) is 0 Å². The third-order valence-corrected chi connectivity index (χ3v) is 9.00. The maximum Gasteiger partial charge on any atom is 0.223 e. The third kappa shape index (κ3) is 11.0. The predicted molar refractivity (Wildman–Crippen MR) is 178 cm³/mol. The zero-order valence-corrected chi connectivity index (χ0v) is 27.9. The monoisotopic (exact) mass is 611 g/mol. The normalized spacial score (nSPS) is 16.2. The zero-order valence-electron chi connectivity index (χ0n) is 27.9. The lowest BCUT2D eigenvalue weighted by Gasteiger charge is -2.30. The van der Waals surface area contributed by atoms with Crippen LogP contribution >= 0.6 is 0 Å². The Bertz CT molecular complexity index is 1120. The molecule has 2 aromatic rings. The summed E-state index contributed by atoms with van der Waals surface area (Å²) in [5, 5.41) is 14.3. The molecule has 0 bridgehead atoms. The van der Waals surface area contributed by atoms with Crippen LogP contribution in [-0.2, 0) is 22.5 Å². The molecule has 0 radical (unpaired) electrons. The fourth-order valence-electron chi connectivity index (χ4n) is 5.98. The Morgan fingerprint density at radius 2 is 1.61 bits per heavy atom. The van der Waals surface area contributed by atoms with Crippen molar-refractivity contribution in [2.24, 2.45) is 29.4 Å². The number of aliphatic hydroxyl groups is 1. The lowest BCUT2D eigenvalue weighted by molar-refractivity contribution is -0.127. The molecule has 4 N–H and O–H groups in total. The third-order valence-electron chi connectivity index (χ3n) is 9.00. The van der Waals surface area contributed by atoms with Crippen LogP contribution in [-0.4, -0.2) is 63.7 Å². The number of carbonyl (C=O) groups is 1. The van der Waals surface area contributed by atoms with Crippen molar-refractivity contribution < 1.29 is 24.1 Å². The number of aliphatic hydroxyl groups excluding tert-OH is 1. The number of amides is 1. The largest absolute Gasteiger partial charge is 0.493 e. The van der Waals surface area contributed by atoms with Gasteiger partial charge >= 0.3 is 0 Å². The molecule has 1 aliphatic rings. The molecular weight excluding hydrogens is 554 g/mol. The first-order valence-electron chi connectivity index (χ1n) is 16.5. The molecule has 0 spiro atoms. The van der Waals surface area contributed by atoms with Crippen LogP contribution in [0.5, 0.6) is 11.5 Å². The quantitative estimate of drug-likeness (QED) is 0.178. The van der Waals surface area contributed by atoms with Crippen LogP contribution in [0.25, 0.3) is 0 Å². The van der Waals surface area contributed by atoms with E-state index >= 15 is 0 Å². The van der Waals surface area contributed by atoms with Crippen LogP contribution in [0.2, 0.25) is 0 Å². The Morgan fingerprint density at radius 3 is 2.23 bits per heavy atom. The van der Waals surface area contributed by atoms with Gasteiger partial charge in [0.2, 0.25) is 5.91 Å². The minimum Gasteiger partial charge on any atom is -0.493 e. The van der Waals surface area contributed by atoms with Crippen molar-refractivity contribution in [3.63, 3.8) is 0 Å². The van der Waals surface area contributed by atoms with E-state index in [0.29, 0.717) is 44.3 Å². The summed E-state index contributed by atoms with van der Waals surface area (Å²) in [4.78, 5) is 15.7. The highest BCUT2D eigenvalue weighted by molar-refractivity contribution is 5.79. The highest BCUT2D eigenvalue weighted by Gasteiger charge is 2.30. The van der Waals surface area contributed by atoms with Crippen molar-refractivity contribution in [1.29, 1.82) is 0 Å². The second kappa shape index (κ2) is 18.2. The van der Waals surface area contributed by atoms with Crippen LogP contribution in [0.1, 0.15) is 70.9 Å². The molecule has 3 rings (SSSR count). The minimum atomic E-state index is -0.773. The van der Waals surface area contributed by atoms with Gasteiger partial charge in [0.05, 0.1) is 19.8 Å². The lowest BCUT2D eigenvalue weighted by atomic mass is 9.81. The number of nitrogens with one attached hydrogen (secondary N) is 1. The van der Waals surface area contributed by atoms with Crippen LogP contribution < -0.4 is 25.4 Å². The molecule has 1 unspecified atom stereocenters. The topological polar surface area (TPSA) is 106 Å². The van der Waals surface area contributed by atoms with E-state index < -0.39 is 12.1 Å². The molecule has 2 aromatic carbocycles. The molecule has 8 heteroatoms. The molecule has 1 saturated heterocycles. The van der Waals surface area contributed by atoms with Gasteiger partial charge in [0, 0.05) is 57.4 Å². The SMILES string of the molecule is COCCCOc1cc(C[C@@H](C[C@H](N)C(O)C[C@H](C(=O)NCc2ccc(N3CCCC3)cc2)C(C)C)C(C)C)ccc1OC. The van der Waals surface area contributed by atoms with Crippen molar-refractivity contribution in [1.82, 2.24) is 5.32 Å². The van der Waals surface area contributed by atoms with Gasteiger partial charge in [-0.3, -0.25) is 4.79 Å². The molecule has 1 aliphatic heterocycles. The molecule has 0 aromatic heterocycles. The summed E-state index contributed by atoms with van der Waals surface area (Å²) < 4.78 is 16.6. The first kappa shape index (κ1) is 35.7. The van der Waals surface area contributed by atoms with Gasteiger partial charge in [-0.25, -0.2) is 0 Å². The molecule has 44 heavy (non-hydrogen) atoms. The summed E-state index contributed by atoms with van der Waals surface area (Å²) in [7, 11) is 3.33. The highest BCUT2D eigenvalue weighted by Crippen LogP contribution is 2.32. The van der Waals surface area contributed by atoms with E-state index in [4.69, 9.17) is 19.9 Å². The van der Waals surface area contributed by atoms with E-state index in [9.17, 15) is 9.90 Å². The van der Waals surface area contributed by atoms with Crippen molar-refractivity contribution in [2.45, 2.75) is 84.9 Å². The molecule has 1 fully saturated rings. The van der Waals surface area contributed by atoms with E-state index in [2.05, 4.69) is 54.4 Å². The summed E-state index contributed by atoms with van der Waals surface area (Å²) in [5.74, 6) is 1.77. The molecule has 0 aliphatic carbocycles. The van der Waals surface area contributed by atoms with Gasteiger partial charge in [-0.05, 0) is 85.3 Å². The Labute approximate surface area is 265 Å². The fourth-order valence-corrected chi connectivity index (χ4v) is 5.98. The van der Waals surface area contributed by atoms with Gasteiger partial charge in [0.25, 0.3) is 0 Å². The molecular formula is C36H57N3O5. The summed E-state index contributed by atoms with van der Waals surface area (Å²) in [6.07, 6.45) is 4.32. The first-order chi connectivity index (χ1) is 21.1. The predicted octanol–water partition coefficient (Wildman–Crippen LogP) is 5.58. The van der Waals surface area contributed by atoms with E-state index in [1.165, 1.54) is 18.5 Å². The number of nitrogens with zero attached hydrogens (tertiary/aromatic N) is 1. The first-order valence-corrected chi connectivity index (χ1v) is 16.5. The summed E-state index contributed by atoms with van der Waals surface area (Å²) in [6, 6.07) is 14.1. The molecule has 246 valence electrons. The van der Waals surface area contributed by atoms with Crippen molar-refractivity contribution in [2.75, 3.05) is 45.4 Å². The number of rotatable bonds is 19. The Kier molecular flexibility index (Phi) is 14.8. The van der Waals surface area contributed by atoms with Gasteiger partial charge < -0.3 is 35.3 Å². The number of hydrogen-bond donors (Lipinski definition) is 3. The summed E-state index contributed by atoms with van der Waals surface area (Å²) in [6.45, 7) is 12.3. The number of ether oxygens (including phenoxy) is 3. The highest BCUT2D eigenvalue weighted by atomic mass is 16.5.